The lowest BCUT2D eigenvalue weighted by molar-refractivity contribution is -0.123. The van der Waals surface area contributed by atoms with Crippen LogP contribution in [0.4, 0.5) is 0 Å². The number of aryl methyl sites for hydroxylation is 1. The number of hydrogen-bond acceptors (Lipinski definition) is 5. The highest BCUT2D eigenvalue weighted by Crippen LogP contribution is 2.20. The standard InChI is InChI=1S/C15H18N4O3S/c16-10-11-1-3-13(4-2-11)23(21,22)18-15(20)12-5-7-19-8-6-17-14(19)9-12/h1-4,6,8,12H,5,7,9-10,16H2,(H,18,20). The molecule has 23 heavy (non-hydrogen) atoms. The van der Waals surface area contributed by atoms with E-state index in [2.05, 4.69) is 9.71 Å². The average Bonchev–Trinajstić information content (AvgIpc) is 3.02. The van der Waals surface area contributed by atoms with Gasteiger partial charge in [0.05, 0.1) is 4.90 Å². The topological polar surface area (TPSA) is 107 Å². The van der Waals surface area contributed by atoms with E-state index in [0.717, 1.165) is 11.4 Å². The van der Waals surface area contributed by atoms with E-state index >= 15 is 0 Å². The van der Waals surface area contributed by atoms with Crippen molar-refractivity contribution in [2.24, 2.45) is 11.7 Å². The second-order valence-electron chi connectivity index (χ2n) is 5.54. The maximum atomic E-state index is 12.3. The van der Waals surface area contributed by atoms with Crippen molar-refractivity contribution >= 4 is 15.9 Å². The molecule has 0 saturated heterocycles. The molecule has 0 fully saturated rings. The molecule has 8 heteroatoms. The van der Waals surface area contributed by atoms with Crippen molar-refractivity contribution in [3.05, 3.63) is 48.0 Å². The minimum absolute atomic E-state index is 0.0559. The summed E-state index contributed by atoms with van der Waals surface area (Å²) in [6.45, 7) is 1.00. The average molecular weight is 334 g/mol. The Kier molecular flexibility index (Phi) is 4.18. The van der Waals surface area contributed by atoms with Gasteiger partial charge < -0.3 is 10.3 Å². The molecule has 3 N–H and O–H groups in total. The summed E-state index contributed by atoms with van der Waals surface area (Å²) in [5.41, 5.74) is 6.32. The fourth-order valence-corrected chi connectivity index (χ4v) is 3.70. The number of imidazole rings is 1. The summed E-state index contributed by atoms with van der Waals surface area (Å²) in [4.78, 5) is 16.5. The first-order chi connectivity index (χ1) is 11.0. The third-order valence-electron chi connectivity index (χ3n) is 4.02. The molecule has 1 aromatic heterocycles. The second-order valence-corrected chi connectivity index (χ2v) is 7.23. The Morgan fingerprint density at radius 2 is 2.09 bits per heavy atom. The fraction of sp³-hybridized carbons (Fsp3) is 0.333. The van der Waals surface area contributed by atoms with Crippen LogP contribution in [0.3, 0.4) is 0 Å². The number of carbonyl (C=O) groups is 1. The van der Waals surface area contributed by atoms with E-state index in [-0.39, 0.29) is 10.8 Å². The number of fused-ring (bicyclic) bond motifs is 1. The van der Waals surface area contributed by atoms with Gasteiger partial charge in [-0.15, -0.1) is 0 Å². The molecule has 0 radical (unpaired) electrons. The van der Waals surface area contributed by atoms with Gasteiger partial charge in [0.2, 0.25) is 5.91 Å². The van der Waals surface area contributed by atoms with Crippen molar-refractivity contribution in [3.63, 3.8) is 0 Å². The van der Waals surface area contributed by atoms with Crippen LogP contribution in [0, 0.1) is 5.92 Å². The van der Waals surface area contributed by atoms with Crippen LogP contribution >= 0.6 is 0 Å². The van der Waals surface area contributed by atoms with E-state index in [0.29, 0.717) is 25.9 Å². The summed E-state index contributed by atoms with van der Waals surface area (Å²) < 4.78 is 28.7. The highest BCUT2D eigenvalue weighted by molar-refractivity contribution is 7.90. The van der Waals surface area contributed by atoms with Gasteiger partial charge in [0.15, 0.2) is 0 Å². The van der Waals surface area contributed by atoms with Gasteiger partial charge >= 0.3 is 0 Å². The summed E-state index contributed by atoms with van der Waals surface area (Å²) in [5.74, 6) is -0.0637. The zero-order valence-electron chi connectivity index (χ0n) is 12.5. The van der Waals surface area contributed by atoms with Crippen molar-refractivity contribution < 1.29 is 13.2 Å². The molecule has 1 unspecified atom stereocenters. The second kappa shape index (κ2) is 6.13. The molecule has 0 aliphatic carbocycles. The lowest BCUT2D eigenvalue weighted by Gasteiger charge is -2.22. The smallest absolute Gasteiger partial charge is 0.264 e. The maximum absolute atomic E-state index is 12.3. The number of carbonyl (C=O) groups excluding carboxylic acids is 1. The molecule has 7 nitrogen and oxygen atoms in total. The third-order valence-corrected chi connectivity index (χ3v) is 5.39. The normalized spacial score (nSPS) is 17.5. The molecule has 2 aromatic rings. The Hall–Kier alpha value is -2.19. The molecule has 122 valence electrons. The zero-order valence-corrected chi connectivity index (χ0v) is 13.3. The highest BCUT2D eigenvalue weighted by Gasteiger charge is 2.28. The molecule has 0 bridgehead atoms. The van der Waals surface area contributed by atoms with Gasteiger partial charge in [-0.1, -0.05) is 12.1 Å². The molecule has 2 heterocycles. The number of sulfonamides is 1. The van der Waals surface area contributed by atoms with Crippen molar-refractivity contribution in [3.8, 4) is 0 Å². The molecule has 1 aromatic carbocycles. The van der Waals surface area contributed by atoms with Crippen LogP contribution in [-0.4, -0.2) is 23.9 Å². The van der Waals surface area contributed by atoms with Crippen LogP contribution in [0.5, 0.6) is 0 Å². The summed E-state index contributed by atoms with van der Waals surface area (Å²) in [5, 5.41) is 0. The molecule has 1 atom stereocenters. The van der Waals surface area contributed by atoms with Gasteiger partial charge in [-0.2, -0.15) is 0 Å². The van der Waals surface area contributed by atoms with E-state index in [4.69, 9.17) is 5.73 Å². The van der Waals surface area contributed by atoms with Gasteiger partial charge in [-0.05, 0) is 24.1 Å². The summed E-state index contributed by atoms with van der Waals surface area (Å²) in [6.07, 6.45) is 4.59. The number of nitrogens with two attached hydrogens (primary N) is 1. The fourth-order valence-electron chi connectivity index (χ4n) is 2.65. The van der Waals surface area contributed by atoms with Gasteiger partial charge in [0.25, 0.3) is 10.0 Å². The van der Waals surface area contributed by atoms with Crippen LogP contribution in [-0.2, 0) is 34.3 Å². The van der Waals surface area contributed by atoms with Gasteiger partial charge in [-0.25, -0.2) is 18.1 Å². The SMILES string of the molecule is NCc1ccc(S(=O)(=O)NC(=O)C2CCn3ccnc3C2)cc1. The number of aromatic nitrogens is 2. The van der Waals surface area contributed by atoms with Crippen molar-refractivity contribution in [2.45, 2.75) is 30.8 Å². The Bertz CT molecular complexity index is 812. The molecule has 1 amide bonds. The van der Waals surface area contributed by atoms with E-state index in [1.165, 1.54) is 12.1 Å². The lowest BCUT2D eigenvalue weighted by atomic mass is 9.97. The Balaban J connectivity index is 1.71. The molecule has 1 aliphatic rings. The first-order valence-electron chi connectivity index (χ1n) is 7.35. The Labute approximate surface area is 134 Å². The third kappa shape index (κ3) is 3.27. The first kappa shape index (κ1) is 15.7. The largest absolute Gasteiger partial charge is 0.335 e. The number of nitrogens with zero attached hydrogens (tertiary/aromatic N) is 2. The predicted octanol–water partition coefficient (Wildman–Crippen LogP) is 0.409. The minimum atomic E-state index is -3.87. The molecular formula is C15H18N4O3S. The number of rotatable bonds is 4. The number of nitrogens with one attached hydrogen (secondary N) is 1. The number of amides is 1. The van der Waals surface area contributed by atoms with E-state index in [1.807, 2.05) is 10.8 Å². The van der Waals surface area contributed by atoms with Crippen molar-refractivity contribution in [2.75, 3.05) is 0 Å². The molecule has 0 saturated carbocycles. The summed E-state index contributed by atoms with van der Waals surface area (Å²) in [6, 6.07) is 6.17. The van der Waals surface area contributed by atoms with E-state index < -0.39 is 15.9 Å². The number of hydrogen-bond donors (Lipinski definition) is 2. The number of benzene rings is 1. The van der Waals surface area contributed by atoms with Crippen LogP contribution in [0.25, 0.3) is 0 Å². The van der Waals surface area contributed by atoms with Crippen LogP contribution in [0.2, 0.25) is 0 Å². The highest BCUT2D eigenvalue weighted by atomic mass is 32.2. The predicted molar refractivity (Wildman–Crippen MR) is 83.7 cm³/mol. The van der Waals surface area contributed by atoms with Gasteiger partial charge in [0.1, 0.15) is 5.82 Å². The van der Waals surface area contributed by atoms with Gasteiger partial charge in [-0.3, -0.25) is 4.79 Å². The Morgan fingerprint density at radius 1 is 1.35 bits per heavy atom. The lowest BCUT2D eigenvalue weighted by Crippen LogP contribution is -2.38. The van der Waals surface area contributed by atoms with Gasteiger partial charge in [0, 0.05) is 37.8 Å². The molecule has 3 rings (SSSR count). The van der Waals surface area contributed by atoms with E-state index in [9.17, 15) is 13.2 Å². The monoisotopic (exact) mass is 334 g/mol. The molecule has 0 spiro atoms. The minimum Gasteiger partial charge on any atom is -0.335 e. The van der Waals surface area contributed by atoms with Crippen molar-refractivity contribution in [1.82, 2.24) is 14.3 Å². The Morgan fingerprint density at radius 3 is 2.78 bits per heavy atom. The molecular weight excluding hydrogens is 316 g/mol. The first-order valence-corrected chi connectivity index (χ1v) is 8.83. The quantitative estimate of drug-likeness (QED) is 0.842. The van der Waals surface area contributed by atoms with Crippen LogP contribution in [0.15, 0.2) is 41.6 Å². The van der Waals surface area contributed by atoms with Crippen LogP contribution in [0.1, 0.15) is 17.8 Å². The summed E-state index contributed by atoms with van der Waals surface area (Å²) in [7, 11) is -3.87. The maximum Gasteiger partial charge on any atom is 0.264 e. The van der Waals surface area contributed by atoms with Crippen molar-refractivity contribution in [1.29, 1.82) is 0 Å². The summed E-state index contributed by atoms with van der Waals surface area (Å²) >= 11 is 0. The molecule has 1 aliphatic heterocycles. The van der Waals surface area contributed by atoms with Crippen LogP contribution < -0.4 is 10.5 Å². The van der Waals surface area contributed by atoms with E-state index in [1.54, 1.807) is 18.3 Å². The zero-order chi connectivity index (χ0) is 16.4.